The maximum absolute atomic E-state index is 4.93. The van der Waals surface area contributed by atoms with Crippen LogP contribution in [-0.2, 0) is 20.8 Å². The van der Waals surface area contributed by atoms with Gasteiger partial charge >= 0.3 is 37.9 Å². The summed E-state index contributed by atoms with van der Waals surface area (Å²) in [4.78, 5) is 0. The van der Waals surface area contributed by atoms with Crippen LogP contribution in [0.25, 0.3) is 0 Å². The second-order valence-electron chi connectivity index (χ2n) is 10.8. The van der Waals surface area contributed by atoms with Gasteiger partial charge in [-0.2, -0.15) is 0 Å². The summed E-state index contributed by atoms with van der Waals surface area (Å²) in [5.74, 6) is 12.6. The van der Waals surface area contributed by atoms with Gasteiger partial charge in [0.15, 0.2) is 0 Å². The third-order valence-corrected chi connectivity index (χ3v) is 10.7. The standard InChI is InChI=1S/C27H28S2.2ClH.Zr/c1-27(2,24-25-21(5-7-28-25)22-6-8-29-26(22)24)20-4-3-17(14-20)23-18-10-15-9-16(12-18)13-19(23)11-15;;;/h3-8,14-16,18-19,23H,9-13H2,1-2H3;2*1H;/q;;;+4/p-2. The van der Waals surface area contributed by atoms with Gasteiger partial charge in [-0.3, -0.25) is 0 Å². The molecule has 32 heavy (non-hydrogen) atoms. The molecule has 10 radical (unpaired) electrons. The van der Waals surface area contributed by atoms with Crippen LogP contribution in [0.4, 0.5) is 0 Å². The van der Waals surface area contributed by atoms with Crippen molar-refractivity contribution in [1.29, 1.82) is 0 Å². The van der Waals surface area contributed by atoms with E-state index in [2.05, 4.69) is 56.1 Å². The summed E-state index contributed by atoms with van der Waals surface area (Å²) < 4.78 is 0. The van der Waals surface area contributed by atoms with Crippen molar-refractivity contribution in [2.24, 2.45) is 35.0 Å². The van der Waals surface area contributed by atoms with Gasteiger partial charge in [-0.15, -0.1) is 23.5 Å². The van der Waals surface area contributed by atoms with Crippen molar-refractivity contribution in [3.63, 3.8) is 0 Å². The topological polar surface area (TPSA) is 0 Å². The SMILES string of the molecule is CC(C)([C]1[CH][CH][C](C2C3CC4CC(C3)CC2C4)[CH]1)[C]1[C]2SC=C[C]2[C]2C=CS[C]21.[Cl][Zr+2][Cl]. The fourth-order valence-electron chi connectivity index (χ4n) is 7.77. The van der Waals surface area contributed by atoms with Gasteiger partial charge in [-0.1, -0.05) is 26.0 Å². The summed E-state index contributed by atoms with van der Waals surface area (Å²) in [5.41, 5.74) is 0.0554. The first-order valence-corrected chi connectivity index (χ1v) is 19.9. The number of rotatable bonds is 3. The summed E-state index contributed by atoms with van der Waals surface area (Å²) in [6.45, 7) is 4.91. The fraction of sp³-hybridized carbons (Fsp3) is 0.481. The van der Waals surface area contributed by atoms with E-state index in [1.165, 1.54) is 53.9 Å². The van der Waals surface area contributed by atoms with Crippen molar-refractivity contribution >= 4 is 40.5 Å². The molecule has 0 N–H and O–H groups in total. The Morgan fingerprint density at radius 3 is 1.91 bits per heavy atom. The number of halogens is 2. The van der Waals surface area contributed by atoms with Crippen LogP contribution in [0.3, 0.4) is 0 Å². The van der Waals surface area contributed by atoms with E-state index in [1.54, 1.807) is 18.3 Å². The number of fused-ring (bicyclic) bond motifs is 3. The first-order valence-electron chi connectivity index (χ1n) is 11.8. The number of hydrogen-bond donors (Lipinski definition) is 0. The van der Waals surface area contributed by atoms with E-state index in [4.69, 9.17) is 17.0 Å². The molecule has 6 saturated carbocycles. The van der Waals surface area contributed by atoms with Crippen LogP contribution in [0, 0.1) is 94.4 Å². The average molecular weight is 579 g/mol. The molecule has 0 nitrogen and oxygen atoms in total. The predicted octanol–water partition coefficient (Wildman–Crippen LogP) is 8.56. The molecule has 2 heterocycles. The van der Waals surface area contributed by atoms with Crippen molar-refractivity contribution in [1.82, 2.24) is 0 Å². The first-order chi connectivity index (χ1) is 15.5. The van der Waals surface area contributed by atoms with Crippen molar-refractivity contribution in [2.75, 3.05) is 0 Å². The summed E-state index contributed by atoms with van der Waals surface area (Å²) in [6.07, 6.45) is 19.8. The normalized spacial score (nSPS) is 40.2. The molecule has 5 heteroatoms. The van der Waals surface area contributed by atoms with Crippen molar-refractivity contribution in [3.05, 3.63) is 82.3 Å². The maximum atomic E-state index is 4.93. The van der Waals surface area contributed by atoms with E-state index < -0.39 is 20.8 Å². The fourth-order valence-corrected chi connectivity index (χ4v) is 10.1. The van der Waals surface area contributed by atoms with Gasteiger partial charge in [0, 0.05) is 17.8 Å². The van der Waals surface area contributed by atoms with Gasteiger partial charge in [0.2, 0.25) is 0 Å². The zero-order chi connectivity index (χ0) is 22.0. The zero-order valence-corrected chi connectivity index (χ0v) is 24.1. The van der Waals surface area contributed by atoms with Crippen molar-refractivity contribution in [3.8, 4) is 0 Å². The van der Waals surface area contributed by atoms with E-state index in [1.807, 2.05) is 23.5 Å². The van der Waals surface area contributed by atoms with Crippen LogP contribution in [0.15, 0.2) is 23.0 Å². The molecule has 2 aliphatic heterocycles. The molecular formula is C27H28Cl2S2Zr+2. The molecule has 6 aliphatic carbocycles. The van der Waals surface area contributed by atoms with Crippen LogP contribution in [0.2, 0.25) is 0 Å². The van der Waals surface area contributed by atoms with E-state index in [9.17, 15) is 0 Å². The minimum atomic E-state index is -0.826. The molecule has 0 unspecified atom stereocenters. The molecule has 164 valence electrons. The number of thioether (sulfide) groups is 2. The van der Waals surface area contributed by atoms with Gasteiger partial charge in [0.1, 0.15) is 0 Å². The summed E-state index contributed by atoms with van der Waals surface area (Å²) >= 11 is 3.03. The van der Waals surface area contributed by atoms with Gasteiger partial charge in [0.25, 0.3) is 0 Å². The minimum absolute atomic E-state index is 0.0554. The van der Waals surface area contributed by atoms with Gasteiger partial charge in [-0.05, 0) is 109 Å². The second kappa shape index (κ2) is 9.50. The van der Waals surface area contributed by atoms with Crippen LogP contribution in [-0.4, -0.2) is 0 Å². The Morgan fingerprint density at radius 2 is 1.38 bits per heavy atom. The Bertz CT molecular complexity index is 713. The Kier molecular flexibility index (Phi) is 7.13. The molecule has 0 amide bonds. The van der Waals surface area contributed by atoms with E-state index >= 15 is 0 Å². The first kappa shape index (κ1) is 24.0. The molecular weight excluding hydrogens is 551 g/mol. The molecule has 0 spiro atoms. The molecule has 4 bridgehead atoms. The van der Waals surface area contributed by atoms with Gasteiger partial charge < -0.3 is 0 Å². The molecule has 0 aromatic rings. The van der Waals surface area contributed by atoms with E-state index in [0.717, 1.165) is 29.6 Å². The van der Waals surface area contributed by atoms with Gasteiger partial charge in [0.05, 0.1) is 10.5 Å². The molecule has 0 aromatic carbocycles. The Balaban J connectivity index is 0.000000620. The Morgan fingerprint density at radius 1 is 0.844 bits per heavy atom. The van der Waals surface area contributed by atoms with Crippen LogP contribution in [0.1, 0.15) is 46.0 Å². The molecule has 0 aromatic heterocycles. The zero-order valence-electron chi connectivity index (χ0n) is 18.5. The molecule has 0 atom stereocenters. The monoisotopic (exact) mass is 576 g/mol. The molecule has 8 aliphatic rings. The third-order valence-electron chi connectivity index (χ3n) is 8.81. The Hall–Kier alpha value is 1.64. The summed E-state index contributed by atoms with van der Waals surface area (Å²) in [5, 5.41) is 7.56. The quantitative estimate of drug-likeness (QED) is 0.329. The number of hydrogen-bond acceptors (Lipinski definition) is 2. The molecule has 0 saturated heterocycles. The summed E-state index contributed by atoms with van der Waals surface area (Å²) in [7, 11) is 9.87. The Labute approximate surface area is 222 Å². The second-order valence-corrected chi connectivity index (χ2v) is 16.4. The van der Waals surface area contributed by atoms with Crippen LogP contribution < -0.4 is 0 Å². The van der Waals surface area contributed by atoms with Crippen molar-refractivity contribution < 1.29 is 20.8 Å². The summed E-state index contributed by atoms with van der Waals surface area (Å²) in [6, 6.07) is 0. The predicted molar refractivity (Wildman–Crippen MR) is 135 cm³/mol. The van der Waals surface area contributed by atoms with E-state index in [0.29, 0.717) is 0 Å². The average Bonchev–Trinajstić information content (AvgIpc) is 3.50. The van der Waals surface area contributed by atoms with Gasteiger partial charge in [-0.25, -0.2) is 0 Å². The van der Waals surface area contributed by atoms with Crippen LogP contribution in [0.5, 0.6) is 0 Å². The van der Waals surface area contributed by atoms with E-state index in [-0.39, 0.29) is 5.41 Å². The third kappa shape index (κ3) is 3.96. The van der Waals surface area contributed by atoms with Crippen LogP contribution >= 0.6 is 40.5 Å². The molecule has 8 rings (SSSR count). The molecule has 6 fully saturated rings. The van der Waals surface area contributed by atoms with Crippen molar-refractivity contribution in [2.45, 2.75) is 46.0 Å². The number of allylic oxidation sites excluding steroid dienone is 2.